The van der Waals surface area contributed by atoms with Gasteiger partial charge in [-0.3, -0.25) is 28.5 Å². The SMILES string of the molecule is CC(=O)OC[C@H]1O[C@@H](Oc2nn(C(C)C)c(C)c2Cc2ccc(OC(C)C)cc2F)[C@H](OC(C)=O)[C@@H](OC(C)=O)[C@@H]1OC(C)=O.Cc1c(Cc2ccc(OC(C)C)cc2F)c(O[C@@H]2O[C@H](CO)[C@@H](O)[C@H](O)[C@H]2O)nn1C(C)C. The zero-order valence-corrected chi connectivity index (χ0v) is 46.4. The van der Waals surface area contributed by atoms with Crippen molar-refractivity contribution in [2.75, 3.05) is 13.2 Å². The van der Waals surface area contributed by atoms with Crippen LogP contribution >= 0.6 is 0 Å². The van der Waals surface area contributed by atoms with Crippen molar-refractivity contribution in [1.82, 2.24) is 19.6 Å². The Morgan fingerprint density at radius 1 is 0.590 bits per heavy atom. The number of rotatable bonds is 20. The molecule has 0 unspecified atom stereocenters. The normalized spacial score (nSPS) is 23.1. The molecule has 78 heavy (non-hydrogen) atoms. The van der Waals surface area contributed by atoms with Gasteiger partial charge >= 0.3 is 23.9 Å². The molecule has 432 valence electrons. The summed E-state index contributed by atoms with van der Waals surface area (Å²) in [4.78, 5) is 48.1. The topological polar surface area (TPSA) is 277 Å². The van der Waals surface area contributed by atoms with E-state index >= 15 is 4.39 Å². The second-order valence-electron chi connectivity index (χ2n) is 20.0. The van der Waals surface area contributed by atoms with Crippen LogP contribution in [0.4, 0.5) is 8.78 Å². The van der Waals surface area contributed by atoms with Crippen molar-refractivity contribution >= 4 is 23.9 Å². The summed E-state index contributed by atoms with van der Waals surface area (Å²) in [5, 5.41) is 48.9. The molecule has 0 saturated carbocycles. The Kier molecular flexibility index (Phi) is 21.9. The predicted octanol–water partition coefficient (Wildman–Crippen LogP) is 5.22. The van der Waals surface area contributed by atoms with Crippen molar-refractivity contribution in [1.29, 1.82) is 0 Å². The molecule has 0 amide bonds. The highest BCUT2D eigenvalue weighted by atomic mass is 19.1. The first-order chi connectivity index (χ1) is 36.6. The Balaban J connectivity index is 0.000000301. The summed E-state index contributed by atoms with van der Waals surface area (Å²) in [6, 6.07) is 9.09. The predicted molar refractivity (Wildman–Crippen MR) is 272 cm³/mol. The van der Waals surface area contributed by atoms with Crippen LogP contribution in [0.25, 0.3) is 0 Å². The molecule has 2 fully saturated rings. The summed E-state index contributed by atoms with van der Waals surface area (Å²) in [6.45, 7) is 22.3. The lowest BCUT2D eigenvalue weighted by Crippen LogP contribution is -2.63. The van der Waals surface area contributed by atoms with E-state index in [0.717, 1.165) is 26.5 Å². The molecule has 4 N–H and O–H groups in total. The zero-order chi connectivity index (χ0) is 58.0. The van der Waals surface area contributed by atoms with Crippen LogP contribution in [0.15, 0.2) is 36.4 Å². The molecule has 10 atom stereocenters. The van der Waals surface area contributed by atoms with Gasteiger partial charge in [0.15, 0.2) is 12.2 Å². The maximum atomic E-state index is 15.2. The Morgan fingerprint density at radius 2 is 1.01 bits per heavy atom. The number of hydrogen-bond acceptors (Lipinski definition) is 20. The summed E-state index contributed by atoms with van der Waals surface area (Å²) >= 11 is 0. The average Bonchev–Trinajstić information content (AvgIpc) is 3.88. The lowest BCUT2D eigenvalue weighted by molar-refractivity contribution is -0.289. The van der Waals surface area contributed by atoms with Crippen LogP contribution in [0.2, 0.25) is 0 Å². The van der Waals surface area contributed by atoms with Crippen LogP contribution in [0.5, 0.6) is 23.3 Å². The first kappa shape index (κ1) is 62.4. The standard InChI is InChI=1S/C31H41FN2O11.C23H33FN2O7/c1-15(2)34-17(5)24(12-22-10-11-23(13-25(22)32)40-16(3)4)30(33-34)45-31-29(43-21(9)38)28(42-20(8)37)27(41-19(7)36)26(44-31)14-39-18(6)35;1-11(2)26-13(5)16(8-14-6-7-15(9-17(14)24)31-12(3)4)22(25-26)33-23-21(30)20(29)19(28)18(10-27)32-23/h10-11,13,15-16,26-29,31H,12,14H2,1-9H3;6-7,9,11-12,18-21,23,27-30H,8,10H2,1-5H3/t26-,27-,28+,29-,31+;18-,19-,20+,21-,23+/m11/s1. The maximum Gasteiger partial charge on any atom is 0.303 e. The van der Waals surface area contributed by atoms with E-state index < -0.39 is 110 Å². The van der Waals surface area contributed by atoms with Crippen LogP contribution in [0, 0.1) is 25.5 Å². The van der Waals surface area contributed by atoms with E-state index in [1.165, 1.54) is 19.1 Å². The van der Waals surface area contributed by atoms with Crippen LogP contribution in [-0.2, 0) is 60.4 Å². The summed E-state index contributed by atoms with van der Waals surface area (Å²) in [7, 11) is 0. The second-order valence-corrected chi connectivity index (χ2v) is 20.0. The summed E-state index contributed by atoms with van der Waals surface area (Å²) in [6.07, 6.45) is -14.1. The third kappa shape index (κ3) is 16.1. The first-order valence-corrected chi connectivity index (χ1v) is 25.6. The van der Waals surface area contributed by atoms with Gasteiger partial charge < -0.3 is 67.8 Å². The number of aromatic nitrogens is 4. The Labute approximate surface area is 451 Å². The first-order valence-electron chi connectivity index (χ1n) is 25.6. The van der Waals surface area contributed by atoms with E-state index in [9.17, 15) is 44.0 Å². The smallest absolute Gasteiger partial charge is 0.303 e. The molecule has 2 aromatic heterocycles. The van der Waals surface area contributed by atoms with E-state index in [0.29, 0.717) is 39.4 Å². The average molecular weight is 1110 g/mol. The molecule has 2 aliphatic heterocycles. The van der Waals surface area contributed by atoms with Crippen LogP contribution in [-0.4, -0.2) is 151 Å². The Bertz CT molecular complexity index is 2690. The minimum Gasteiger partial charge on any atom is -0.491 e. The van der Waals surface area contributed by atoms with Gasteiger partial charge in [0.2, 0.25) is 30.4 Å². The summed E-state index contributed by atoms with van der Waals surface area (Å²) < 4.78 is 89.8. The molecular formula is C54H74F2N4O18. The van der Waals surface area contributed by atoms with Crippen LogP contribution in [0.3, 0.4) is 0 Å². The van der Waals surface area contributed by atoms with Crippen molar-refractivity contribution in [2.45, 2.75) is 195 Å². The second kappa shape index (κ2) is 27.4. The van der Waals surface area contributed by atoms with Gasteiger partial charge in [-0.15, -0.1) is 10.2 Å². The Hall–Kier alpha value is -6.44. The molecule has 22 nitrogen and oxygen atoms in total. The number of ether oxygens (including phenoxy) is 10. The Morgan fingerprint density at radius 3 is 1.41 bits per heavy atom. The van der Waals surface area contributed by atoms with Crippen LogP contribution < -0.4 is 18.9 Å². The van der Waals surface area contributed by atoms with Gasteiger partial charge in [-0.2, -0.15) is 0 Å². The van der Waals surface area contributed by atoms with E-state index in [2.05, 4.69) is 10.2 Å². The number of carbonyl (C=O) groups is 4. The number of nitrogens with zero attached hydrogens (tertiary/aromatic N) is 4. The monoisotopic (exact) mass is 1100 g/mol. The fourth-order valence-corrected chi connectivity index (χ4v) is 8.74. The molecule has 0 radical (unpaired) electrons. The van der Waals surface area contributed by atoms with Crippen molar-refractivity contribution in [2.24, 2.45) is 0 Å². The number of benzene rings is 2. The lowest BCUT2D eigenvalue weighted by Gasteiger charge is -2.43. The molecule has 0 spiro atoms. The molecule has 0 aliphatic carbocycles. The molecular weight excluding hydrogens is 1030 g/mol. The van der Waals surface area contributed by atoms with Gasteiger partial charge in [0.05, 0.1) is 18.8 Å². The molecule has 6 rings (SSSR count). The molecule has 2 saturated heterocycles. The molecule has 24 heteroatoms. The van der Waals surface area contributed by atoms with Gasteiger partial charge in [0.1, 0.15) is 60.3 Å². The quantitative estimate of drug-likeness (QED) is 0.0652. The summed E-state index contributed by atoms with van der Waals surface area (Å²) in [5.74, 6) is -2.94. The third-order valence-corrected chi connectivity index (χ3v) is 12.2. The van der Waals surface area contributed by atoms with Gasteiger partial charge in [0, 0.05) is 87.3 Å². The van der Waals surface area contributed by atoms with Gasteiger partial charge in [-0.1, -0.05) is 12.1 Å². The number of esters is 4. The largest absolute Gasteiger partial charge is 0.491 e. The minimum absolute atomic E-state index is 0.0254. The van der Waals surface area contributed by atoms with E-state index in [-0.39, 0.29) is 48.9 Å². The lowest BCUT2D eigenvalue weighted by atomic mass is 9.98. The van der Waals surface area contributed by atoms with Crippen molar-refractivity contribution in [3.63, 3.8) is 0 Å². The van der Waals surface area contributed by atoms with Gasteiger partial charge in [-0.05, 0) is 92.5 Å². The number of halogens is 2. The molecule has 2 aliphatic rings. The van der Waals surface area contributed by atoms with Crippen molar-refractivity contribution in [3.8, 4) is 23.3 Å². The summed E-state index contributed by atoms with van der Waals surface area (Å²) in [5.41, 5.74) is 3.24. The highest BCUT2D eigenvalue weighted by Crippen LogP contribution is 2.36. The molecule has 4 aromatic rings. The zero-order valence-electron chi connectivity index (χ0n) is 46.4. The fraction of sp³-hybridized carbons (Fsp3) is 0.593. The number of aliphatic hydroxyl groups is 4. The van der Waals surface area contributed by atoms with E-state index in [1.54, 1.807) is 40.6 Å². The number of carbonyl (C=O) groups excluding carboxylic acids is 4. The number of hydrogen-bond donors (Lipinski definition) is 4. The van der Waals surface area contributed by atoms with Crippen LogP contribution in [0.1, 0.15) is 129 Å². The van der Waals surface area contributed by atoms with Crippen molar-refractivity contribution in [3.05, 3.63) is 81.7 Å². The van der Waals surface area contributed by atoms with E-state index in [1.807, 2.05) is 62.3 Å². The highest BCUT2D eigenvalue weighted by Gasteiger charge is 2.54. The molecule has 2 aromatic carbocycles. The molecule has 4 heterocycles. The van der Waals surface area contributed by atoms with Crippen molar-refractivity contribution < 1.29 is 95.8 Å². The van der Waals surface area contributed by atoms with Gasteiger partial charge in [0.25, 0.3) is 0 Å². The third-order valence-electron chi connectivity index (χ3n) is 12.2. The maximum absolute atomic E-state index is 15.2. The fourth-order valence-electron chi connectivity index (χ4n) is 8.74. The minimum atomic E-state index is -1.58. The van der Waals surface area contributed by atoms with E-state index in [4.69, 9.17) is 47.4 Å². The highest BCUT2D eigenvalue weighted by molar-refractivity contribution is 5.69. The van der Waals surface area contributed by atoms with Gasteiger partial charge in [-0.25, -0.2) is 8.78 Å². The molecule has 0 bridgehead atoms. The number of aliphatic hydroxyl groups excluding tert-OH is 4.